The van der Waals surface area contributed by atoms with E-state index in [0.717, 1.165) is 10.6 Å². The van der Waals surface area contributed by atoms with Crippen molar-refractivity contribution in [1.29, 1.82) is 0 Å². The standard InChI is InChI=1S/C16H20N2O5/c1-2-22-12-3-5-13(6-4-12)23-8-7-18-14(20)16(17-15(18)21)9-11(19)10-16/h3-6,11,19H,2,7-10H2,1H3,(H,17,21). The van der Waals surface area contributed by atoms with Crippen LogP contribution in [0.4, 0.5) is 4.79 Å². The topological polar surface area (TPSA) is 88.1 Å². The van der Waals surface area contributed by atoms with Gasteiger partial charge in [0, 0.05) is 12.8 Å². The van der Waals surface area contributed by atoms with Gasteiger partial charge in [0.05, 0.1) is 19.3 Å². The first-order valence-electron chi connectivity index (χ1n) is 7.72. The second-order valence-corrected chi connectivity index (χ2v) is 5.78. The zero-order chi connectivity index (χ0) is 16.4. The smallest absolute Gasteiger partial charge is 0.325 e. The fraction of sp³-hybridized carbons (Fsp3) is 0.500. The molecule has 3 amide bonds. The van der Waals surface area contributed by atoms with Crippen LogP contribution in [0.25, 0.3) is 0 Å². The van der Waals surface area contributed by atoms with Gasteiger partial charge in [-0.05, 0) is 31.2 Å². The number of nitrogens with one attached hydrogen (secondary N) is 1. The molecule has 3 rings (SSSR count). The summed E-state index contributed by atoms with van der Waals surface area (Å²) in [6.07, 6.45) is 0.0565. The SMILES string of the molecule is CCOc1ccc(OCCN2C(=O)NC3(CC(O)C3)C2=O)cc1. The molecule has 0 aromatic heterocycles. The van der Waals surface area contributed by atoms with Crippen LogP contribution >= 0.6 is 0 Å². The highest BCUT2D eigenvalue weighted by molar-refractivity contribution is 6.07. The zero-order valence-corrected chi connectivity index (χ0v) is 12.9. The monoisotopic (exact) mass is 320 g/mol. The van der Waals surface area contributed by atoms with Gasteiger partial charge < -0.3 is 19.9 Å². The molecule has 0 bridgehead atoms. The van der Waals surface area contributed by atoms with Gasteiger partial charge >= 0.3 is 6.03 Å². The third kappa shape index (κ3) is 2.96. The van der Waals surface area contributed by atoms with Crippen LogP contribution in [0.2, 0.25) is 0 Å². The van der Waals surface area contributed by atoms with Gasteiger partial charge in [-0.25, -0.2) is 4.79 Å². The molecular weight excluding hydrogens is 300 g/mol. The summed E-state index contributed by atoms with van der Waals surface area (Å²) in [5.41, 5.74) is -0.893. The molecule has 2 N–H and O–H groups in total. The maximum absolute atomic E-state index is 12.3. The highest BCUT2D eigenvalue weighted by atomic mass is 16.5. The van der Waals surface area contributed by atoms with Crippen LogP contribution in [-0.2, 0) is 4.79 Å². The van der Waals surface area contributed by atoms with E-state index in [1.165, 1.54) is 0 Å². The van der Waals surface area contributed by atoms with Gasteiger partial charge in [-0.15, -0.1) is 0 Å². The highest BCUT2D eigenvalue weighted by Crippen LogP contribution is 2.37. The van der Waals surface area contributed by atoms with Crippen LogP contribution in [0, 0.1) is 0 Å². The van der Waals surface area contributed by atoms with Crippen LogP contribution in [0.1, 0.15) is 19.8 Å². The Balaban J connectivity index is 1.50. The molecule has 2 aliphatic rings. The van der Waals surface area contributed by atoms with Gasteiger partial charge in [0.1, 0.15) is 23.6 Å². The van der Waals surface area contributed by atoms with Crippen LogP contribution in [0.3, 0.4) is 0 Å². The Kier molecular flexibility index (Phi) is 4.12. The molecule has 1 aromatic carbocycles. The molecule has 1 saturated heterocycles. The third-order valence-electron chi connectivity index (χ3n) is 4.13. The summed E-state index contributed by atoms with van der Waals surface area (Å²) in [4.78, 5) is 25.3. The number of hydrogen-bond donors (Lipinski definition) is 2. The number of rotatable bonds is 6. The van der Waals surface area contributed by atoms with Gasteiger partial charge in [-0.3, -0.25) is 9.69 Å². The summed E-state index contributed by atoms with van der Waals surface area (Å²) in [6.45, 7) is 2.90. The lowest BCUT2D eigenvalue weighted by Gasteiger charge is -2.39. The maximum Gasteiger partial charge on any atom is 0.325 e. The summed E-state index contributed by atoms with van der Waals surface area (Å²) in [5.74, 6) is 1.14. The Morgan fingerprint density at radius 3 is 2.39 bits per heavy atom. The van der Waals surface area contributed by atoms with Crippen molar-refractivity contribution in [1.82, 2.24) is 10.2 Å². The summed E-state index contributed by atoms with van der Waals surface area (Å²) >= 11 is 0. The number of urea groups is 1. The largest absolute Gasteiger partial charge is 0.494 e. The van der Waals surface area contributed by atoms with E-state index in [-0.39, 0.29) is 31.9 Å². The Morgan fingerprint density at radius 2 is 1.83 bits per heavy atom. The lowest BCUT2D eigenvalue weighted by molar-refractivity contribution is -0.138. The molecule has 1 spiro atoms. The number of nitrogens with zero attached hydrogens (tertiary/aromatic N) is 1. The molecule has 0 unspecified atom stereocenters. The third-order valence-corrected chi connectivity index (χ3v) is 4.13. The molecule has 2 fully saturated rings. The van der Waals surface area contributed by atoms with E-state index in [4.69, 9.17) is 9.47 Å². The van der Waals surface area contributed by atoms with E-state index in [9.17, 15) is 14.7 Å². The molecule has 23 heavy (non-hydrogen) atoms. The minimum absolute atomic E-state index is 0.176. The number of hydrogen-bond acceptors (Lipinski definition) is 5. The molecule has 1 aliphatic heterocycles. The molecule has 7 heteroatoms. The number of carbonyl (C=O) groups excluding carboxylic acids is 2. The van der Waals surface area contributed by atoms with Crippen molar-refractivity contribution < 1.29 is 24.2 Å². The predicted molar refractivity (Wildman–Crippen MR) is 81.3 cm³/mol. The first-order chi connectivity index (χ1) is 11.0. The van der Waals surface area contributed by atoms with Crippen molar-refractivity contribution in [3.05, 3.63) is 24.3 Å². The molecule has 1 heterocycles. The Morgan fingerprint density at radius 1 is 1.22 bits per heavy atom. The fourth-order valence-corrected chi connectivity index (χ4v) is 2.95. The van der Waals surface area contributed by atoms with Crippen LogP contribution in [0.5, 0.6) is 11.5 Å². The summed E-state index contributed by atoms with van der Waals surface area (Å²) in [7, 11) is 0. The van der Waals surface area contributed by atoms with Crippen LogP contribution in [-0.4, -0.2) is 53.3 Å². The van der Waals surface area contributed by atoms with Crippen molar-refractivity contribution in [2.24, 2.45) is 0 Å². The zero-order valence-electron chi connectivity index (χ0n) is 12.9. The first-order valence-corrected chi connectivity index (χ1v) is 7.72. The molecule has 1 saturated carbocycles. The van der Waals surface area contributed by atoms with Gasteiger partial charge in [-0.2, -0.15) is 0 Å². The minimum atomic E-state index is -0.893. The fourth-order valence-electron chi connectivity index (χ4n) is 2.95. The molecule has 1 aliphatic carbocycles. The second kappa shape index (κ2) is 6.08. The number of amides is 3. The van der Waals surface area contributed by atoms with Crippen LogP contribution < -0.4 is 14.8 Å². The van der Waals surface area contributed by atoms with Gasteiger partial charge in [0.25, 0.3) is 5.91 Å². The molecule has 7 nitrogen and oxygen atoms in total. The van der Waals surface area contributed by atoms with Gasteiger partial charge in [0.15, 0.2) is 0 Å². The number of ether oxygens (including phenoxy) is 2. The first kappa shape index (κ1) is 15.6. The quantitative estimate of drug-likeness (QED) is 0.761. The Bertz CT molecular complexity index is 595. The lowest BCUT2D eigenvalue weighted by Crippen LogP contribution is -2.59. The summed E-state index contributed by atoms with van der Waals surface area (Å²) in [5, 5.41) is 12.1. The molecule has 0 atom stereocenters. The number of carbonyl (C=O) groups is 2. The van der Waals surface area contributed by atoms with E-state index >= 15 is 0 Å². The van der Waals surface area contributed by atoms with Crippen LogP contribution in [0.15, 0.2) is 24.3 Å². The molecular formula is C16H20N2O5. The Labute approximate surface area is 134 Å². The summed E-state index contributed by atoms with van der Waals surface area (Å²) in [6, 6.07) is 6.74. The number of aliphatic hydroxyl groups is 1. The number of benzene rings is 1. The number of aliphatic hydroxyl groups excluding tert-OH is 1. The van der Waals surface area contributed by atoms with Crippen molar-refractivity contribution in [2.75, 3.05) is 19.8 Å². The highest BCUT2D eigenvalue weighted by Gasteiger charge is 2.58. The van der Waals surface area contributed by atoms with E-state index < -0.39 is 17.7 Å². The van der Waals surface area contributed by atoms with E-state index in [1.807, 2.05) is 6.92 Å². The van der Waals surface area contributed by atoms with E-state index in [1.54, 1.807) is 24.3 Å². The average Bonchev–Trinajstić information content (AvgIpc) is 2.74. The normalized spacial score (nSPS) is 26.2. The molecule has 0 radical (unpaired) electrons. The van der Waals surface area contributed by atoms with Crippen molar-refractivity contribution in [2.45, 2.75) is 31.4 Å². The average molecular weight is 320 g/mol. The van der Waals surface area contributed by atoms with Crippen molar-refractivity contribution in [3.63, 3.8) is 0 Å². The predicted octanol–water partition coefficient (Wildman–Crippen LogP) is 0.909. The Hall–Kier alpha value is -2.28. The second-order valence-electron chi connectivity index (χ2n) is 5.78. The number of imide groups is 1. The van der Waals surface area contributed by atoms with Crippen molar-refractivity contribution in [3.8, 4) is 11.5 Å². The lowest BCUT2D eigenvalue weighted by atomic mass is 9.74. The van der Waals surface area contributed by atoms with Crippen molar-refractivity contribution >= 4 is 11.9 Å². The minimum Gasteiger partial charge on any atom is -0.494 e. The van der Waals surface area contributed by atoms with E-state index in [0.29, 0.717) is 12.4 Å². The van der Waals surface area contributed by atoms with Gasteiger partial charge in [-0.1, -0.05) is 0 Å². The maximum atomic E-state index is 12.3. The summed E-state index contributed by atoms with van der Waals surface area (Å²) < 4.78 is 10.9. The molecule has 124 valence electrons. The van der Waals surface area contributed by atoms with Gasteiger partial charge in [0.2, 0.25) is 0 Å². The van der Waals surface area contributed by atoms with E-state index in [2.05, 4.69) is 5.32 Å². The molecule has 1 aromatic rings.